The molecule has 6 heteroatoms. The van der Waals surface area contributed by atoms with E-state index >= 15 is 0 Å². The smallest absolute Gasteiger partial charge is 0.141 e. The maximum atomic E-state index is 6.09. The summed E-state index contributed by atoms with van der Waals surface area (Å²) >= 11 is 1.70. The Kier molecular flexibility index (Phi) is 4.96. The molecule has 0 saturated carbocycles. The molecule has 0 spiro atoms. The van der Waals surface area contributed by atoms with Crippen LogP contribution in [0.4, 0.5) is 5.82 Å². The van der Waals surface area contributed by atoms with Gasteiger partial charge in [-0.15, -0.1) is 11.3 Å². The maximum Gasteiger partial charge on any atom is 0.141 e. The molecule has 0 N–H and O–H groups in total. The number of anilines is 1. The van der Waals surface area contributed by atoms with Gasteiger partial charge in [-0.2, -0.15) is 0 Å². The van der Waals surface area contributed by atoms with E-state index in [1.165, 1.54) is 11.8 Å². The first-order chi connectivity index (χ1) is 11.8. The Balaban J connectivity index is 1.39. The molecule has 5 nitrogen and oxygen atoms in total. The summed E-state index contributed by atoms with van der Waals surface area (Å²) in [7, 11) is 0. The molecule has 2 fully saturated rings. The van der Waals surface area contributed by atoms with E-state index in [0.29, 0.717) is 12.2 Å². The number of hydrogen-bond acceptors (Lipinski definition) is 6. The van der Waals surface area contributed by atoms with Crippen molar-refractivity contribution in [2.75, 3.05) is 31.2 Å². The van der Waals surface area contributed by atoms with Gasteiger partial charge in [0.15, 0.2) is 0 Å². The van der Waals surface area contributed by atoms with Crippen molar-refractivity contribution >= 4 is 27.4 Å². The molecule has 2 saturated heterocycles. The van der Waals surface area contributed by atoms with Crippen LogP contribution in [0.3, 0.4) is 0 Å². The molecule has 0 aromatic carbocycles. The van der Waals surface area contributed by atoms with Crippen LogP contribution in [0.25, 0.3) is 10.2 Å². The predicted octanol–water partition coefficient (Wildman–Crippen LogP) is 3.42. The number of aryl methyl sites for hydroxylation is 1. The zero-order chi connectivity index (χ0) is 16.4. The standard InChI is InChI=1S/C18H25N3O2S/c1-2-16-19-17(15-7-11-24-18(15)20-16)21-8-5-13(6-9-21)23-12-14-4-3-10-22-14/h7,11,13-14H,2-6,8-10,12H2,1H3. The third-order valence-corrected chi connectivity index (χ3v) is 5.76. The highest BCUT2D eigenvalue weighted by atomic mass is 32.1. The third kappa shape index (κ3) is 3.41. The summed E-state index contributed by atoms with van der Waals surface area (Å²) in [4.78, 5) is 13.0. The van der Waals surface area contributed by atoms with Crippen molar-refractivity contribution in [2.24, 2.45) is 0 Å². The number of nitrogens with zero attached hydrogens (tertiary/aromatic N) is 3. The number of piperidine rings is 1. The van der Waals surface area contributed by atoms with Gasteiger partial charge >= 0.3 is 0 Å². The molecule has 4 heterocycles. The second kappa shape index (κ2) is 7.33. The second-order valence-corrected chi connectivity index (χ2v) is 7.51. The number of ether oxygens (including phenoxy) is 2. The Morgan fingerprint density at radius 2 is 2.17 bits per heavy atom. The van der Waals surface area contributed by atoms with Crippen LogP contribution in [0.1, 0.15) is 38.4 Å². The number of aromatic nitrogens is 2. The summed E-state index contributed by atoms with van der Waals surface area (Å²) in [6.45, 7) is 5.77. The molecule has 4 rings (SSSR count). The van der Waals surface area contributed by atoms with E-state index in [0.717, 1.165) is 68.5 Å². The first kappa shape index (κ1) is 16.2. The monoisotopic (exact) mass is 347 g/mol. The summed E-state index contributed by atoms with van der Waals surface area (Å²) in [6, 6.07) is 2.15. The Labute approximate surface area is 147 Å². The van der Waals surface area contributed by atoms with E-state index in [2.05, 4.69) is 28.3 Å². The minimum atomic E-state index is 0.322. The predicted molar refractivity (Wildman–Crippen MR) is 97.0 cm³/mol. The molecule has 2 aromatic heterocycles. The van der Waals surface area contributed by atoms with Gasteiger partial charge in [0, 0.05) is 26.1 Å². The van der Waals surface area contributed by atoms with Gasteiger partial charge in [-0.3, -0.25) is 0 Å². The lowest BCUT2D eigenvalue weighted by atomic mass is 10.1. The lowest BCUT2D eigenvalue weighted by Gasteiger charge is -2.33. The Morgan fingerprint density at radius 1 is 1.29 bits per heavy atom. The molecular formula is C18H25N3O2S. The second-order valence-electron chi connectivity index (χ2n) is 6.61. The molecule has 1 unspecified atom stereocenters. The summed E-state index contributed by atoms with van der Waals surface area (Å²) in [5.41, 5.74) is 0. The van der Waals surface area contributed by atoms with Crippen molar-refractivity contribution in [3.63, 3.8) is 0 Å². The fourth-order valence-electron chi connectivity index (χ4n) is 3.54. The normalized spacial score (nSPS) is 22.5. The van der Waals surface area contributed by atoms with Crippen molar-refractivity contribution in [1.29, 1.82) is 0 Å². The van der Waals surface area contributed by atoms with E-state index in [1.54, 1.807) is 11.3 Å². The van der Waals surface area contributed by atoms with Crippen LogP contribution in [0, 0.1) is 0 Å². The van der Waals surface area contributed by atoms with Crippen molar-refractivity contribution in [1.82, 2.24) is 9.97 Å². The van der Waals surface area contributed by atoms with E-state index in [-0.39, 0.29) is 0 Å². The Bertz CT molecular complexity index is 676. The SMILES string of the molecule is CCc1nc(N2CCC(OCC3CCCO3)CC2)c2ccsc2n1. The average molecular weight is 347 g/mol. The fraction of sp³-hybridized carbons (Fsp3) is 0.667. The van der Waals surface area contributed by atoms with Crippen LogP contribution >= 0.6 is 11.3 Å². The lowest BCUT2D eigenvalue weighted by Crippen LogP contribution is -2.38. The molecule has 1 atom stereocenters. The van der Waals surface area contributed by atoms with Gasteiger partial charge in [0.25, 0.3) is 0 Å². The van der Waals surface area contributed by atoms with Gasteiger partial charge in [0.2, 0.25) is 0 Å². The highest BCUT2D eigenvalue weighted by Gasteiger charge is 2.24. The van der Waals surface area contributed by atoms with Gasteiger partial charge in [-0.1, -0.05) is 6.92 Å². The summed E-state index contributed by atoms with van der Waals surface area (Å²) in [5.74, 6) is 2.05. The van der Waals surface area contributed by atoms with Crippen molar-refractivity contribution in [3.8, 4) is 0 Å². The Morgan fingerprint density at radius 3 is 2.92 bits per heavy atom. The number of hydrogen-bond donors (Lipinski definition) is 0. The molecule has 2 aromatic rings. The van der Waals surface area contributed by atoms with E-state index in [4.69, 9.17) is 14.5 Å². The van der Waals surface area contributed by atoms with Crippen molar-refractivity contribution < 1.29 is 9.47 Å². The molecule has 0 radical (unpaired) electrons. The summed E-state index contributed by atoms with van der Waals surface area (Å²) in [5, 5.41) is 3.30. The molecular weight excluding hydrogens is 322 g/mol. The molecule has 2 aliphatic heterocycles. The van der Waals surface area contributed by atoms with Gasteiger partial charge in [0.05, 0.1) is 24.2 Å². The van der Waals surface area contributed by atoms with Crippen LogP contribution in [-0.4, -0.2) is 48.5 Å². The minimum absolute atomic E-state index is 0.322. The lowest BCUT2D eigenvalue weighted by molar-refractivity contribution is -0.0280. The van der Waals surface area contributed by atoms with Gasteiger partial charge in [-0.25, -0.2) is 9.97 Å². The minimum Gasteiger partial charge on any atom is -0.376 e. The van der Waals surface area contributed by atoms with Gasteiger partial charge in [0.1, 0.15) is 16.5 Å². The van der Waals surface area contributed by atoms with Gasteiger partial charge < -0.3 is 14.4 Å². The van der Waals surface area contributed by atoms with Crippen LogP contribution in [0.5, 0.6) is 0 Å². The number of fused-ring (bicyclic) bond motifs is 1. The zero-order valence-corrected chi connectivity index (χ0v) is 15.1. The summed E-state index contributed by atoms with van der Waals surface area (Å²) in [6.07, 6.45) is 6.00. The van der Waals surface area contributed by atoms with Crippen molar-refractivity contribution in [2.45, 2.75) is 51.2 Å². The quantitative estimate of drug-likeness (QED) is 0.829. The average Bonchev–Trinajstić information content (AvgIpc) is 3.31. The van der Waals surface area contributed by atoms with E-state index in [1.807, 2.05) is 0 Å². The van der Waals surface area contributed by atoms with Crippen LogP contribution in [0.2, 0.25) is 0 Å². The highest BCUT2D eigenvalue weighted by Crippen LogP contribution is 2.30. The Hall–Kier alpha value is -1.24. The first-order valence-corrected chi connectivity index (χ1v) is 9.93. The molecule has 130 valence electrons. The highest BCUT2D eigenvalue weighted by molar-refractivity contribution is 7.16. The summed E-state index contributed by atoms with van der Waals surface area (Å²) < 4.78 is 11.7. The zero-order valence-electron chi connectivity index (χ0n) is 14.2. The topological polar surface area (TPSA) is 47.5 Å². The van der Waals surface area contributed by atoms with Crippen LogP contribution < -0.4 is 4.90 Å². The largest absolute Gasteiger partial charge is 0.376 e. The molecule has 0 aliphatic carbocycles. The van der Waals surface area contributed by atoms with Crippen LogP contribution in [-0.2, 0) is 15.9 Å². The van der Waals surface area contributed by atoms with Crippen LogP contribution in [0.15, 0.2) is 11.4 Å². The fourth-order valence-corrected chi connectivity index (χ4v) is 4.31. The van der Waals surface area contributed by atoms with Gasteiger partial charge in [-0.05, 0) is 37.1 Å². The molecule has 0 bridgehead atoms. The number of thiophene rings is 1. The number of rotatable bonds is 5. The molecule has 0 amide bonds. The third-order valence-electron chi connectivity index (χ3n) is 4.95. The molecule has 24 heavy (non-hydrogen) atoms. The van der Waals surface area contributed by atoms with E-state index < -0.39 is 0 Å². The van der Waals surface area contributed by atoms with Crippen molar-refractivity contribution in [3.05, 3.63) is 17.3 Å². The van der Waals surface area contributed by atoms with E-state index in [9.17, 15) is 0 Å². The molecule has 2 aliphatic rings. The maximum absolute atomic E-state index is 6.09. The first-order valence-electron chi connectivity index (χ1n) is 9.05.